The normalized spacial score (nSPS) is 25.9. The van der Waals surface area contributed by atoms with Gasteiger partial charge in [0.05, 0.1) is 0 Å². The highest BCUT2D eigenvalue weighted by atomic mass is 15.0. The van der Waals surface area contributed by atoms with Gasteiger partial charge in [-0.25, -0.2) is 0 Å². The van der Waals surface area contributed by atoms with Gasteiger partial charge in [0.15, 0.2) is 0 Å². The molecule has 0 radical (unpaired) electrons. The van der Waals surface area contributed by atoms with Crippen LogP contribution in [0.25, 0.3) is 0 Å². The van der Waals surface area contributed by atoms with Crippen LogP contribution >= 0.6 is 0 Å². The smallest absolute Gasteiger partial charge is 0.0325 e. The van der Waals surface area contributed by atoms with Crippen molar-refractivity contribution in [1.29, 1.82) is 0 Å². The Hall–Kier alpha value is -0.820. The van der Waals surface area contributed by atoms with E-state index in [0.717, 1.165) is 5.92 Å². The molecule has 0 saturated heterocycles. The third-order valence-corrected chi connectivity index (χ3v) is 4.94. The molecular weight excluding hydrogens is 218 g/mol. The highest BCUT2D eigenvalue weighted by Gasteiger charge is 2.27. The molecule has 1 nitrogen and oxygen atoms in total. The highest BCUT2D eigenvalue weighted by Crippen LogP contribution is 2.33. The maximum atomic E-state index is 3.92. The molecule has 2 atom stereocenters. The van der Waals surface area contributed by atoms with Crippen molar-refractivity contribution in [3.05, 3.63) is 35.4 Å². The van der Waals surface area contributed by atoms with Crippen LogP contribution in [0.4, 0.5) is 0 Å². The Morgan fingerprint density at radius 1 is 1.06 bits per heavy atom. The first-order valence-corrected chi connectivity index (χ1v) is 7.68. The Kier molecular flexibility index (Phi) is 3.69. The van der Waals surface area contributed by atoms with Crippen LogP contribution in [0, 0.1) is 5.92 Å². The zero-order valence-electron chi connectivity index (χ0n) is 11.5. The van der Waals surface area contributed by atoms with Crippen LogP contribution < -0.4 is 5.32 Å². The number of rotatable bonds is 3. The molecule has 0 aromatic heterocycles. The van der Waals surface area contributed by atoms with E-state index in [1.54, 1.807) is 11.1 Å². The Morgan fingerprint density at radius 2 is 1.89 bits per heavy atom. The summed E-state index contributed by atoms with van der Waals surface area (Å²) in [5, 5.41) is 3.92. The van der Waals surface area contributed by atoms with Gasteiger partial charge in [-0.15, -0.1) is 0 Å². The molecule has 1 aromatic carbocycles. The Bertz CT molecular complexity index is 394. The monoisotopic (exact) mass is 243 g/mol. The van der Waals surface area contributed by atoms with Crippen LogP contribution in [0.3, 0.4) is 0 Å². The fourth-order valence-corrected chi connectivity index (χ4v) is 3.49. The minimum atomic E-state index is 0.597. The molecule has 2 aliphatic carbocycles. The maximum absolute atomic E-state index is 3.92. The van der Waals surface area contributed by atoms with Crippen LogP contribution in [-0.2, 0) is 6.42 Å². The molecule has 0 spiro atoms. The number of fused-ring (bicyclic) bond motifs is 1. The van der Waals surface area contributed by atoms with Crippen molar-refractivity contribution in [2.24, 2.45) is 5.92 Å². The van der Waals surface area contributed by atoms with E-state index in [-0.39, 0.29) is 0 Å². The lowest BCUT2D eigenvalue weighted by molar-refractivity contribution is 0.223. The number of aryl methyl sites for hydroxylation is 1. The van der Waals surface area contributed by atoms with Gasteiger partial charge in [-0.2, -0.15) is 0 Å². The van der Waals surface area contributed by atoms with Gasteiger partial charge in [0, 0.05) is 12.1 Å². The van der Waals surface area contributed by atoms with Gasteiger partial charge in [-0.05, 0) is 56.1 Å². The summed E-state index contributed by atoms with van der Waals surface area (Å²) in [6.07, 6.45) is 9.61. The van der Waals surface area contributed by atoms with Crippen LogP contribution in [0.15, 0.2) is 24.3 Å². The van der Waals surface area contributed by atoms with Crippen LogP contribution in [-0.4, -0.2) is 6.04 Å². The molecule has 3 rings (SSSR count). The molecule has 1 saturated carbocycles. The lowest BCUT2D eigenvalue weighted by atomic mass is 9.80. The molecule has 0 heterocycles. The predicted molar refractivity (Wildman–Crippen MR) is 76.7 cm³/mol. The fraction of sp³-hybridized carbons (Fsp3) is 0.647. The summed E-state index contributed by atoms with van der Waals surface area (Å²) in [7, 11) is 0. The average Bonchev–Trinajstić information content (AvgIpc) is 2.50. The van der Waals surface area contributed by atoms with Crippen molar-refractivity contribution in [3.63, 3.8) is 0 Å². The second-order valence-corrected chi connectivity index (χ2v) is 6.14. The number of nitrogens with one attached hydrogen (secondary N) is 1. The topological polar surface area (TPSA) is 12.0 Å². The summed E-state index contributed by atoms with van der Waals surface area (Å²) in [5.74, 6) is 0.931. The van der Waals surface area contributed by atoms with Crippen molar-refractivity contribution in [2.75, 3.05) is 0 Å². The summed E-state index contributed by atoms with van der Waals surface area (Å²) in [5.41, 5.74) is 3.15. The molecule has 2 unspecified atom stereocenters. The zero-order chi connectivity index (χ0) is 12.4. The van der Waals surface area contributed by atoms with Crippen molar-refractivity contribution < 1.29 is 0 Å². The fourth-order valence-electron chi connectivity index (χ4n) is 3.49. The van der Waals surface area contributed by atoms with Crippen molar-refractivity contribution in [1.82, 2.24) is 5.32 Å². The number of hydrogen-bond donors (Lipinski definition) is 1. The van der Waals surface area contributed by atoms with Gasteiger partial charge in [-0.3, -0.25) is 0 Å². The first-order chi connectivity index (χ1) is 8.84. The van der Waals surface area contributed by atoms with E-state index in [1.807, 2.05) is 0 Å². The Morgan fingerprint density at radius 3 is 2.67 bits per heavy atom. The molecule has 1 N–H and O–H groups in total. The minimum absolute atomic E-state index is 0.597. The molecule has 98 valence electrons. The van der Waals surface area contributed by atoms with Crippen LogP contribution in [0.5, 0.6) is 0 Å². The summed E-state index contributed by atoms with van der Waals surface area (Å²) in [4.78, 5) is 0. The molecule has 1 fully saturated rings. The molecule has 1 heteroatoms. The lowest BCUT2D eigenvalue weighted by Gasteiger charge is -2.35. The SMILES string of the molecule is CC(NC1CCCCc2ccccc21)C1CCC1. The molecule has 0 amide bonds. The first-order valence-electron chi connectivity index (χ1n) is 7.68. The van der Waals surface area contributed by atoms with Crippen molar-refractivity contribution in [3.8, 4) is 0 Å². The van der Waals surface area contributed by atoms with Gasteiger partial charge in [0.1, 0.15) is 0 Å². The number of hydrogen-bond acceptors (Lipinski definition) is 1. The average molecular weight is 243 g/mol. The van der Waals surface area contributed by atoms with Gasteiger partial charge in [0.2, 0.25) is 0 Å². The first kappa shape index (κ1) is 12.2. The van der Waals surface area contributed by atoms with E-state index in [9.17, 15) is 0 Å². The van der Waals surface area contributed by atoms with E-state index in [4.69, 9.17) is 0 Å². The minimum Gasteiger partial charge on any atom is -0.307 e. The van der Waals surface area contributed by atoms with Gasteiger partial charge in [-0.1, -0.05) is 37.1 Å². The zero-order valence-corrected chi connectivity index (χ0v) is 11.5. The number of benzene rings is 1. The van der Waals surface area contributed by atoms with Gasteiger partial charge >= 0.3 is 0 Å². The molecular formula is C17H25N. The third-order valence-electron chi connectivity index (χ3n) is 4.94. The summed E-state index contributed by atoms with van der Waals surface area (Å²) >= 11 is 0. The summed E-state index contributed by atoms with van der Waals surface area (Å²) in [6.45, 7) is 2.39. The Balaban J connectivity index is 1.74. The van der Waals surface area contributed by atoms with Gasteiger partial charge in [0.25, 0.3) is 0 Å². The molecule has 1 aromatic rings. The third kappa shape index (κ3) is 2.47. The van der Waals surface area contributed by atoms with Crippen LogP contribution in [0.2, 0.25) is 0 Å². The quantitative estimate of drug-likeness (QED) is 0.783. The lowest BCUT2D eigenvalue weighted by Crippen LogP contribution is -2.39. The second-order valence-electron chi connectivity index (χ2n) is 6.14. The van der Waals surface area contributed by atoms with Crippen molar-refractivity contribution >= 4 is 0 Å². The summed E-state index contributed by atoms with van der Waals surface area (Å²) < 4.78 is 0. The molecule has 0 bridgehead atoms. The molecule has 18 heavy (non-hydrogen) atoms. The van der Waals surface area contributed by atoms with E-state index in [0.29, 0.717) is 12.1 Å². The molecule has 2 aliphatic rings. The molecule has 0 aliphatic heterocycles. The maximum Gasteiger partial charge on any atom is 0.0325 e. The van der Waals surface area contributed by atoms with E-state index in [1.165, 1.54) is 44.9 Å². The summed E-state index contributed by atoms with van der Waals surface area (Å²) in [6, 6.07) is 10.3. The van der Waals surface area contributed by atoms with E-state index < -0.39 is 0 Å². The van der Waals surface area contributed by atoms with E-state index >= 15 is 0 Å². The largest absolute Gasteiger partial charge is 0.307 e. The van der Waals surface area contributed by atoms with Crippen molar-refractivity contribution in [2.45, 2.75) is 64.0 Å². The second kappa shape index (κ2) is 5.44. The predicted octanol–water partition coefficient (Wildman–Crippen LogP) is 4.23. The van der Waals surface area contributed by atoms with E-state index in [2.05, 4.69) is 36.5 Å². The van der Waals surface area contributed by atoms with Gasteiger partial charge < -0.3 is 5.32 Å². The highest BCUT2D eigenvalue weighted by molar-refractivity contribution is 5.31. The standard InChI is InChI=1S/C17H25N/c1-13(14-9-6-10-14)18-17-12-5-3-8-15-7-2-4-11-16(15)17/h2,4,7,11,13-14,17-18H,3,5-6,8-10,12H2,1H3. The van der Waals surface area contributed by atoms with Crippen LogP contribution in [0.1, 0.15) is 62.6 Å². The Labute approximate surface area is 111 Å².